The zero-order valence-electron chi connectivity index (χ0n) is 10.9. The summed E-state index contributed by atoms with van der Waals surface area (Å²) >= 11 is 1.56. The standard InChI is InChI=1S/C14H13N3O2S/c1-19-12-4-2-10(3-5-12)13(18)16-8-11-9-20-14-15-6-7-17(11)14/h2-7,9H,8H2,1H3,(H,16,18). The number of thiazole rings is 1. The van der Waals surface area contributed by atoms with Crippen LogP contribution in [0.15, 0.2) is 42.0 Å². The molecule has 0 spiro atoms. The van der Waals surface area contributed by atoms with Crippen LogP contribution in [0.5, 0.6) is 5.75 Å². The largest absolute Gasteiger partial charge is 0.497 e. The minimum atomic E-state index is -0.105. The predicted molar refractivity (Wildman–Crippen MR) is 77.2 cm³/mol. The first-order chi connectivity index (χ1) is 9.78. The van der Waals surface area contributed by atoms with Crippen molar-refractivity contribution in [1.29, 1.82) is 0 Å². The molecule has 20 heavy (non-hydrogen) atoms. The van der Waals surface area contributed by atoms with E-state index in [4.69, 9.17) is 4.74 Å². The van der Waals surface area contributed by atoms with Crippen molar-refractivity contribution in [3.05, 3.63) is 53.3 Å². The van der Waals surface area contributed by atoms with Gasteiger partial charge in [0, 0.05) is 23.3 Å². The van der Waals surface area contributed by atoms with Gasteiger partial charge >= 0.3 is 0 Å². The second-order valence-corrected chi connectivity index (χ2v) is 5.05. The first-order valence-corrected chi connectivity index (χ1v) is 6.97. The molecule has 1 N–H and O–H groups in total. The van der Waals surface area contributed by atoms with Gasteiger partial charge in [0.25, 0.3) is 5.91 Å². The minimum Gasteiger partial charge on any atom is -0.497 e. The summed E-state index contributed by atoms with van der Waals surface area (Å²) in [5.41, 5.74) is 1.63. The summed E-state index contributed by atoms with van der Waals surface area (Å²) in [6.45, 7) is 0.473. The van der Waals surface area contributed by atoms with Crippen LogP contribution in [-0.4, -0.2) is 22.4 Å². The Bertz CT molecular complexity index is 730. The van der Waals surface area contributed by atoms with E-state index in [1.54, 1.807) is 48.9 Å². The number of benzene rings is 1. The molecule has 0 saturated heterocycles. The molecule has 1 aromatic carbocycles. The highest BCUT2D eigenvalue weighted by molar-refractivity contribution is 7.15. The van der Waals surface area contributed by atoms with Gasteiger partial charge in [-0.15, -0.1) is 11.3 Å². The van der Waals surface area contributed by atoms with Gasteiger partial charge in [0.2, 0.25) is 0 Å². The van der Waals surface area contributed by atoms with E-state index < -0.39 is 0 Å². The number of carbonyl (C=O) groups is 1. The van der Waals surface area contributed by atoms with E-state index in [0.29, 0.717) is 12.1 Å². The molecule has 0 aliphatic rings. The summed E-state index contributed by atoms with van der Waals surface area (Å²) in [7, 11) is 1.60. The van der Waals surface area contributed by atoms with E-state index in [0.717, 1.165) is 16.4 Å². The van der Waals surface area contributed by atoms with E-state index >= 15 is 0 Å². The number of nitrogens with zero attached hydrogens (tertiary/aromatic N) is 2. The summed E-state index contributed by atoms with van der Waals surface area (Å²) in [6, 6.07) is 7.03. The van der Waals surface area contributed by atoms with E-state index in [2.05, 4.69) is 10.3 Å². The van der Waals surface area contributed by atoms with E-state index in [-0.39, 0.29) is 5.91 Å². The highest BCUT2D eigenvalue weighted by Crippen LogP contribution is 2.15. The molecule has 0 aliphatic carbocycles. The topological polar surface area (TPSA) is 55.6 Å². The molecule has 0 atom stereocenters. The molecule has 0 aliphatic heterocycles. The van der Waals surface area contributed by atoms with Crippen LogP contribution >= 0.6 is 11.3 Å². The third kappa shape index (κ3) is 2.37. The lowest BCUT2D eigenvalue weighted by molar-refractivity contribution is 0.0950. The molecule has 0 saturated carbocycles. The second-order valence-electron chi connectivity index (χ2n) is 4.22. The molecule has 3 rings (SSSR count). The quantitative estimate of drug-likeness (QED) is 0.801. The first-order valence-electron chi connectivity index (χ1n) is 6.09. The monoisotopic (exact) mass is 287 g/mol. The molecule has 0 fully saturated rings. The van der Waals surface area contributed by atoms with Crippen LogP contribution in [0.4, 0.5) is 0 Å². The van der Waals surface area contributed by atoms with Crippen LogP contribution in [0.25, 0.3) is 4.96 Å². The number of imidazole rings is 1. The number of methoxy groups -OCH3 is 1. The summed E-state index contributed by atoms with van der Waals surface area (Å²) in [4.78, 5) is 17.2. The van der Waals surface area contributed by atoms with E-state index in [1.807, 2.05) is 16.0 Å². The van der Waals surface area contributed by atoms with Gasteiger partial charge in [-0.3, -0.25) is 9.20 Å². The summed E-state index contributed by atoms with van der Waals surface area (Å²) in [5, 5.41) is 4.90. The van der Waals surface area contributed by atoms with E-state index in [9.17, 15) is 4.79 Å². The molecular weight excluding hydrogens is 274 g/mol. The molecule has 0 unspecified atom stereocenters. The van der Waals surface area contributed by atoms with Crippen LogP contribution in [-0.2, 0) is 6.54 Å². The number of amides is 1. The van der Waals surface area contributed by atoms with Gasteiger partial charge in [-0.25, -0.2) is 4.98 Å². The average molecular weight is 287 g/mol. The number of hydrogen-bond donors (Lipinski definition) is 1. The predicted octanol–water partition coefficient (Wildman–Crippen LogP) is 2.33. The zero-order valence-corrected chi connectivity index (χ0v) is 11.7. The number of nitrogens with one attached hydrogen (secondary N) is 1. The van der Waals surface area contributed by atoms with Gasteiger partial charge in [0.1, 0.15) is 5.75 Å². The Hall–Kier alpha value is -2.34. The lowest BCUT2D eigenvalue weighted by Gasteiger charge is -2.05. The molecule has 0 radical (unpaired) electrons. The first kappa shape index (κ1) is 12.7. The number of rotatable bonds is 4. The fourth-order valence-corrected chi connectivity index (χ4v) is 2.77. The van der Waals surface area contributed by atoms with Crippen molar-refractivity contribution in [1.82, 2.24) is 14.7 Å². The van der Waals surface area contributed by atoms with E-state index in [1.165, 1.54) is 0 Å². The molecule has 102 valence electrons. The Balaban J connectivity index is 1.68. The minimum absolute atomic E-state index is 0.105. The Morgan fingerprint density at radius 3 is 2.95 bits per heavy atom. The van der Waals surface area contributed by atoms with Gasteiger partial charge in [-0.1, -0.05) is 0 Å². The lowest BCUT2D eigenvalue weighted by atomic mass is 10.2. The number of aromatic nitrogens is 2. The molecule has 0 bridgehead atoms. The molecule has 6 heteroatoms. The SMILES string of the molecule is COc1ccc(C(=O)NCc2csc3nccn23)cc1. The lowest BCUT2D eigenvalue weighted by Crippen LogP contribution is -2.23. The molecule has 2 heterocycles. The van der Waals surface area contributed by atoms with Crippen molar-refractivity contribution in [2.75, 3.05) is 7.11 Å². The van der Waals surface area contributed by atoms with Gasteiger partial charge < -0.3 is 10.1 Å². The number of fused-ring (bicyclic) bond motifs is 1. The Labute approximate surface area is 119 Å². The third-order valence-electron chi connectivity index (χ3n) is 3.00. The third-order valence-corrected chi connectivity index (χ3v) is 3.90. The van der Waals surface area contributed by atoms with Crippen LogP contribution < -0.4 is 10.1 Å². The molecule has 5 nitrogen and oxygen atoms in total. The van der Waals surface area contributed by atoms with Crippen molar-refractivity contribution >= 4 is 22.2 Å². The van der Waals surface area contributed by atoms with Gasteiger partial charge in [0.15, 0.2) is 4.96 Å². The number of ether oxygens (including phenoxy) is 1. The Kier molecular flexibility index (Phi) is 3.39. The number of carbonyl (C=O) groups excluding carboxylic acids is 1. The Morgan fingerprint density at radius 1 is 1.40 bits per heavy atom. The molecule has 2 aromatic heterocycles. The zero-order chi connectivity index (χ0) is 13.9. The smallest absolute Gasteiger partial charge is 0.251 e. The van der Waals surface area contributed by atoms with Crippen LogP contribution in [0.1, 0.15) is 16.1 Å². The molecule has 3 aromatic rings. The van der Waals surface area contributed by atoms with Crippen molar-refractivity contribution in [3.8, 4) is 5.75 Å². The fourth-order valence-electron chi connectivity index (χ4n) is 1.92. The maximum atomic E-state index is 12.0. The van der Waals surface area contributed by atoms with Crippen LogP contribution in [0.3, 0.4) is 0 Å². The summed E-state index contributed by atoms with van der Waals surface area (Å²) < 4.78 is 7.04. The summed E-state index contributed by atoms with van der Waals surface area (Å²) in [6.07, 6.45) is 3.64. The van der Waals surface area contributed by atoms with Crippen molar-refractivity contribution in [3.63, 3.8) is 0 Å². The molecular formula is C14H13N3O2S. The highest BCUT2D eigenvalue weighted by atomic mass is 32.1. The molecule has 1 amide bonds. The summed E-state index contributed by atoms with van der Waals surface area (Å²) in [5.74, 6) is 0.631. The van der Waals surface area contributed by atoms with Gasteiger partial charge in [-0.2, -0.15) is 0 Å². The maximum absolute atomic E-state index is 12.0. The van der Waals surface area contributed by atoms with Crippen molar-refractivity contribution in [2.45, 2.75) is 6.54 Å². The van der Waals surface area contributed by atoms with Crippen LogP contribution in [0, 0.1) is 0 Å². The number of hydrogen-bond acceptors (Lipinski definition) is 4. The fraction of sp³-hybridized carbons (Fsp3) is 0.143. The van der Waals surface area contributed by atoms with Crippen LogP contribution in [0.2, 0.25) is 0 Å². The second kappa shape index (κ2) is 5.34. The van der Waals surface area contributed by atoms with Crippen molar-refractivity contribution in [2.24, 2.45) is 0 Å². The van der Waals surface area contributed by atoms with Gasteiger partial charge in [-0.05, 0) is 24.3 Å². The normalized spacial score (nSPS) is 10.7. The van der Waals surface area contributed by atoms with Gasteiger partial charge in [0.05, 0.1) is 19.3 Å². The van der Waals surface area contributed by atoms with Crippen molar-refractivity contribution < 1.29 is 9.53 Å². The highest BCUT2D eigenvalue weighted by Gasteiger charge is 2.08. The average Bonchev–Trinajstić information content (AvgIpc) is 3.08. The maximum Gasteiger partial charge on any atom is 0.251 e. The Morgan fingerprint density at radius 2 is 2.20 bits per heavy atom.